The van der Waals surface area contributed by atoms with E-state index in [4.69, 9.17) is 10.00 Å². The van der Waals surface area contributed by atoms with Gasteiger partial charge in [-0.25, -0.2) is 0 Å². The lowest BCUT2D eigenvalue weighted by Gasteiger charge is -2.15. The Balaban J connectivity index is 4.89. The summed E-state index contributed by atoms with van der Waals surface area (Å²) in [6, 6.07) is 1.77. The lowest BCUT2D eigenvalue weighted by Crippen LogP contribution is -2.28. The van der Waals surface area contributed by atoms with Gasteiger partial charge in [0.15, 0.2) is 5.76 Å². The third kappa shape index (κ3) is 3.61. The summed E-state index contributed by atoms with van der Waals surface area (Å²) in [5.41, 5.74) is 0.105. The molecule has 13 heavy (non-hydrogen) atoms. The summed E-state index contributed by atoms with van der Waals surface area (Å²) < 4.78 is 4.95. The van der Waals surface area contributed by atoms with Crippen LogP contribution in [0, 0.1) is 11.3 Å². The standard InChI is InChI=1S/C9H13NO3/c1-4-7(5-10)8(9(11)12)13-6(2)3/h6H,4H2,1-3H3,(H,11,12)/p-1/b8-7-. The maximum Gasteiger partial charge on any atom is 0.155 e. The lowest BCUT2D eigenvalue weighted by molar-refractivity contribution is -0.303. The topological polar surface area (TPSA) is 73.1 Å². The Kier molecular flexibility index (Phi) is 4.60. The van der Waals surface area contributed by atoms with Crippen LogP contribution in [0.2, 0.25) is 0 Å². The van der Waals surface area contributed by atoms with E-state index in [9.17, 15) is 9.90 Å². The average Bonchev–Trinajstić information content (AvgIpc) is 2.04. The third-order valence-corrected chi connectivity index (χ3v) is 1.30. The van der Waals surface area contributed by atoms with Gasteiger partial charge in [-0.15, -0.1) is 0 Å². The number of carboxylic acids is 1. The van der Waals surface area contributed by atoms with Gasteiger partial charge >= 0.3 is 0 Å². The number of nitrogens with zero attached hydrogens (tertiary/aromatic N) is 1. The monoisotopic (exact) mass is 182 g/mol. The number of hydrogen-bond donors (Lipinski definition) is 0. The molecule has 4 heteroatoms. The molecule has 0 aliphatic rings. The maximum absolute atomic E-state index is 10.5. The van der Waals surface area contributed by atoms with Gasteiger partial charge in [0.05, 0.1) is 17.7 Å². The van der Waals surface area contributed by atoms with Crippen LogP contribution in [0.4, 0.5) is 0 Å². The molecule has 0 fully saturated rings. The van der Waals surface area contributed by atoms with E-state index in [2.05, 4.69) is 0 Å². The molecule has 72 valence electrons. The van der Waals surface area contributed by atoms with Crippen LogP contribution in [-0.2, 0) is 9.53 Å². The van der Waals surface area contributed by atoms with Crippen molar-refractivity contribution in [2.45, 2.75) is 33.3 Å². The van der Waals surface area contributed by atoms with Crippen molar-refractivity contribution in [3.8, 4) is 6.07 Å². The predicted molar refractivity (Wildman–Crippen MR) is 44.2 cm³/mol. The zero-order valence-electron chi connectivity index (χ0n) is 7.96. The van der Waals surface area contributed by atoms with Gasteiger partial charge in [0, 0.05) is 0 Å². The highest BCUT2D eigenvalue weighted by Crippen LogP contribution is 2.10. The first-order valence-electron chi connectivity index (χ1n) is 4.04. The number of aliphatic carboxylic acids is 1. The molecule has 0 rings (SSSR count). The molecule has 0 aliphatic heterocycles. The Bertz CT molecular complexity index is 261. The van der Waals surface area contributed by atoms with E-state index >= 15 is 0 Å². The molecule has 0 spiro atoms. The molecule has 0 aromatic carbocycles. The summed E-state index contributed by atoms with van der Waals surface area (Å²) in [4.78, 5) is 10.5. The SMILES string of the molecule is CC/C(C#N)=C(/OC(C)C)C(=O)[O-]. The number of ether oxygens (including phenoxy) is 1. The summed E-state index contributed by atoms with van der Waals surface area (Å²) in [7, 11) is 0. The number of rotatable bonds is 4. The molecule has 0 aromatic heterocycles. The summed E-state index contributed by atoms with van der Waals surface area (Å²) in [5.74, 6) is -1.79. The van der Waals surface area contributed by atoms with E-state index in [-0.39, 0.29) is 17.4 Å². The average molecular weight is 182 g/mol. The van der Waals surface area contributed by atoms with E-state index in [0.29, 0.717) is 6.42 Å². The predicted octanol–water partition coefficient (Wildman–Crippen LogP) is 0.349. The van der Waals surface area contributed by atoms with E-state index in [0.717, 1.165) is 0 Å². The highest BCUT2D eigenvalue weighted by molar-refractivity contribution is 5.84. The van der Waals surface area contributed by atoms with Crippen molar-refractivity contribution < 1.29 is 14.6 Å². The van der Waals surface area contributed by atoms with Gasteiger partial charge in [-0.3, -0.25) is 0 Å². The van der Waals surface area contributed by atoms with Crippen LogP contribution in [0.25, 0.3) is 0 Å². The minimum absolute atomic E-state index is 0.105. The first-order chi connectivity index (χ1) is 6.02. The van der Waals surface area contributed by atoms with Crippen molar-refractivity contribution in [2.75, 3.05) is 0 Å². The van der Waals surface area contributed by atoms with Crippen LogP contribution in [-0.4, -0.2) is 12.1 Å². The third-order valence-electron chi connectivity index (χ3n) is 1.30. The fraction of sp³-hybridized carbons (Fsp3) is 0.556. The van der Waals surface area contributed by atoms with Crippen molar-refractivity contribution in [3.63, 3.8) is 0 Å². The lowest BCUT2D eigenvalue weighted by atomic mass is 10.2. The molecule has 0 bridgehead atoms. The smallest absolute Gasteiger partial charge is 0.155 e. The van der Waals surface area contributed by atoms with Crippen molar-refractivity contribution in [2.24, 2.45) is 0 Å². The van der Waals surface area contributed by atoms with Crippen LogP contribution in [0.15, 0.2) is 11.3 Å². The molecule has 0 atom stereocenters. The van der Waals surface area contributed by atoms with E-state index < -0.39 is 5.97 Å². The largest absolute Gasteiger partial charge is 0.542 e. The second-order valence-corrected chi connectivity index (χ2v) is 2.73. The van der Waals surface area contributed by atoms with Crippen molar-refractivity contribution in [1.29, 1.82) is 5.26 Å². The van der Waals surface area contributed by atoms with Crippen LogP contribution in [0.5, 0.6) is 0 Å². The van der Waals surface area contributed by atoms with Crippen LogP contribution < -0.4 is 5.11 Å². The number of nitriles is 1. The second kappa shape index (κ2) is 5.20. The fourth-order valence-corrected chi connectivity index (χ4v) is 0.769. The van der Waals surface area contributed by atoms with Gasteiger partial charge in [-0.05, 0) is 20.3 Å². The molecule has 0 unspecified atom stereocenters. The Morgan fingerprint density at radius 2 is 2.15 bits per heavy atom. The van der Waals surface area contributed by atoms with Crippen molar-refractivity contribution in [3.05, 3.63) is 11.3 Å². The molecular formula is C9H12NO3-. The minimum Gasteiger partial charge on any atom is -0.542 e. The molecule has 4 nitrogen and oxygen atoms in total. The Labute approximate surface area is 77.4 Å². The van der Waals surface area contributed by atoms with Crippen LogP contribution in [0.3, 0.4) is 0 Å². The normalized spacial score (nSPS) is 11.9. The summed E-state index contributed by atoms with van der Waals surface area (Å²) in [5, 5.41) is 19.1. The van der Waals surface area contributed by atoms with Crippen LogP contribution in [0.1, 0.15) is 27.2 Å². The van der Waals surface area contributed by atoms with Crippen LogP contribution >= 0.6 is 0 Å². The Morgan fingerprint density at radius 3 is 2.38 bits per heavy atom. The first-order valence-corrected chi connectivity index (χ1v) is 4.04. The first kappa shape index (κ1) is 11.5. The Hall–Kier alpha value is -1.50. The Morgan fingerprint density at radius 1 is 1.62 bits per heavy atom. The summed E-state index contributed by atoms with van der Waals surface area (Å²) in [6.07, 6.45) is 0.0507. The van der Waals surface area contributed by atoms with Crippen molar-refractivity contribution in [1.82, 2.24) is 0 Å². The molecular weight excluding hydrogens is 170 g/mol. The number of hydrogen-bond acceptors (Lipinski definition) is 4. The molecule has 0 saturated carbocycles. The fourth-order valence-electron chi connectivity index (χ4n) is 0.769. The molecule has 0 aromatic rings. The molecule has 0 aliphatic carbocycles. The molecule has 0 saturated heterocycles. The van der Waals surface area contributed by atoms with Gasteiger partial charge in [-0.2, -0.15) is 5.26 Å². The number of carbonyl (C=O) groups is 1. The molecule has 0 N–H and O–H groups in total. The number of carbonyl (C=O) groups excluding carboxylic acids is 1. The van der Waals surface area contributed by atoms with Gasteiger partial charge in [0.1, 0.15) is 5.97 Å². The zero-order valence-corrected chi connectivity index (χ0v) is 7.96. The van der Waals surface area contributed by atoms with E-state index in [1.807, 2.05) is 0 Å². The molecule has 0 amide bonds. The second-order valence-electron chi connectivity index (χ2n) is 2.73. The molecule has 0 heterocycles. The van der Waals surface area contributed by atoms with Gasteiger partial charge in [-0.1, -0.05) is 6.92 Å². The highest BCUT2D eigenvalue weighted by atomic mass is 16.5. The summed E-state index contributed by atoms with van der Waals surface area (Å²) >= 11 is 0. The van der Waals surface area contributed by atoms with Gasteiger partial charge in [0.25, 0.3) is 0 Å². The maximum atomic E-state index is 10.5. The van der Waals surface area contributed by atoms with Gasteiger partial charge in [0.2, 0.25) is 0 Å². The quantitative estimate of drug-likeness (QED) is 0.357. The number of allylic oxidation sites excluding steroid dienone is 1. The van der Waals surface area contributed by atoms with Crippen molar-refractivity contribution >= 4 is 5.97 Å². The van der Waals surface area contributed by atoms with E-state index in [1.165, 1.54) is 0 Å². The number of carboxylic acid groups (broad SMARTS) is 1. The summed E-state index contributed by atoms with van der Waals surface area (Å²) in [6.45, 7) is 5.06. The minimum atomic E-state index is -1.44. The highest BCUT2D eigenvalue weighted by Gasteiger charge is 2.09. The zero-order chi connectivity index (χ0) is 10.4. The molecule has 0 radical (unpaired) electrons. The van der Waals surface area contributed by atoms with Gasteiger partial charge < -0.3 is 14.6 Å². The van der Waals surface area contributed by atoms with E-state index in [1.54, 1.807) is 26.8 Å².